The van der Waals surface area contributed by atoms with Gasteiger partial charge >= 0.3 is 5.97 Å². The third kappa shape index (κ3) is 4.66. The largest absolute Gasteiger partial charge is 0.459 e. The maximum atomic E-state index is 13.0. The van der Waals surface area contributed by atoms with E-state index >= 15 is 0 Å². The maximum Gasteiger partial charge on any atom is 0.326 e. The summed E-state index contributed by atoms with van der Waals surface area (Å²) < 4.78 is 6.80. The van der Waals surface area contributed by atoms with Gasteiger partial charge in [-0.1, -0.05) is 18.2 Å². The lowest BCUT2D eigenvalue weighted by atomic mass is 10.1. The molecule has 0 bridgehead atoms. The summed E-state index contributed by atoms with van der Waals surface area (Å²) in [7, 11) is 0. The van der Waals surface area contributed by atoms with Crippen LogP contribution in [0.25, 0.3) is 17.7 Å². The van der Waals surface area contributed by atoms with E-state index < -0.39 is 11.6 Å². The number of esters is 1. The molecule has 2 N–H and O–H groups in total. The molecule has 1 aromatic carbocycles. The molecule has 3 heterocycles. The summed E-state index contributed by atoms with van der Waals surface area (Å²) in [5.41, 5.74) is 3.28. The average molecular weight is 416 g/mol. The first-order chi connectivity index (χ1) is 14.8. The number of hydrogen-bond donors (Lipinski definition) is 2. The number of aromatic amines is 2. The minimum Gasteiger partial charge on any atom is -0.459 e. The van der Waals surface area contributed by atoms with Crippen LogP contribution >= 0.6 is 0 Å². The fourth-order valence-corrected chi connectivity index (χ4v) is 3.34. The van der Waals surface area contributed by atoms with Crippen LogP contribution in [0.15, 0.2) is 58.6 Å². The summed E-state index contributed by atoms with van der Waals surface area (Å²) in [4.78, 5) is 35.9. The SMILES string of the molecule is CC(C)(C)OC(=O)Cn1c(=O)/c(=C/c2cc[nH]c2)[nH]/c1=C\C=C1\C=Nc2ccccc21. The van der Waals surface area contributed by atoms with Gasteiger partial charge < -0.3 is 14.7 Å². The number of aliphatic imine (C=N–C) groups is 1. The Kier molecular flexibility index (Phi) is 5.33. The fourth-order valence-electron chi connectivity index (χ4n) is 3.34. The number of rotatable bonds is 4. The Labute approximate surface area is 179 Å². The van der Waals surface area contributed by atoms with E-state index in [0.717, 1.165) is 22.4 Å². The van der Waals surface area contributed by atoms with Crippen LogP contribution in [0, 0.1) is 0 Å². The molecule has 0 saturated heterocycles. The van der Waals surface area contributed by atoms with Gasteiger partial charge in [0.25, 0.3) is 5.56 Å². The second-order valence-corrected chi connectivity index (χ2v) is 8.25. The van der Waals surface area contributed by atoms with Crippen molar-refractivity contribution >= 4 is 35.6 Å². The lowest BCUT2D eigenvalue weighted by Gasteiger charge is -2.19. The van der Waals surface area contributed by atoms with Crippen LogP contribution in [0.4, 0.5) is 5.69 Å². The zero-order chi connectivity index (χ0) is 22.0. The van der Waals surface area contributed by atoms with Crippen molar-refractivity contribution in [3.63, 3.8) is 0 Å². The zero-order valence-electron chi connectivity index (χ0n) is 17.7. The predicted octanol–water partition coefficient (Wildman–Crippen LogP) is 2.26. The van der Waals surface area contributed by atoms with Gasteiger partial charge in [-0.25, -0.2) is 0 Å². The van der Waals surface area contributed by atoms with Crippen molar-refractivity contribution in [3.05, 3.63) is 81.1 Å². The van der Waals surface area contributed by atoms with Crippen LogP contribution in [-0.2, 0) is 16.1 Å². The summed E-state index contributed by atoms with van der Waals surface area (Å²) in [5.74, 6) is -0.475. The third-order valence-corrected chi connectivity index (χ3v) is 4.65. The van der Waals surface area contributed by atoms with Crippen LogP contribution in [0.2, 0.25) is 0 Å². The van der Waals surface area contributed by atoms with Gasteiger partial charge in [-0.15, -0.1) is 0 Å². The van der Waals surface area contributed by atoms with E-state index in [2.05, 4.69) is 15.0 Å². The second-order valence-electron chi connectivity index (χ2n) is 8.25. The van der Waals surface area contributed by atoms with Crippen molar-refractivity contribution in [1.82, 2.24) is 14.5 Å². The first-order valence-corrected chi connectivity index (χ1v) is 10.0. The van der Waals surface area contributed by atoms with E-state index in [1.165, 1.54) is 4.57 Å². The Morgan fingerprint density at radius 2 is 2.00 bits per heavy atom. The van der Waals surface area contributed by atoms with Crippen LogP contribution in [0.1, 0.15) is 31.9 Å². The van der Waals surface area contributed by atoms with Gasteiger partial charge in [-0.05, 0) is 56.7 Å². The number of ether oxygens (including phenoxy) is 1. The van der Waals surface area contributed by atoms with Crippen molar-refractivity contribution in [1.29, 1.82) is 0 Å². The number of aromatic nitrogens is 3. The molecule has 0 aliphatic carbocycles. The van der Waals surface area contributed by atoms with E-state index in [0.29, 0.717) is 10.8 Å². The van der Waals surface area contributed by atoms with Crippen molar-refractivity contribution in [2.24, 2.45) is 4.99 Å². The zero-order valence-corrected chi connectivity index (χ0v) is 17.7. The molecule has 0 unspecified atom stereocenters. The summed E-state index contributed by atoms with van der Waals surface area (Å²) in [5, 5.41) is 0.383. The van der Waals surface area contributed by atoms with E-state index in [9.17, 15) is 9.59 Å². The number of benzene rings is 1. The lowest BCUT2D eigenvalue weighted by molar-refractivity contribution is -0.155. The molecule has 1 aliphatic rings. The van der Waals surface area contributed by atoms with Gasteiger partial charge in [0.05, 0.1) is 5.69 Å². The van der Waals surface area contributed by atoms with Gasteiger partial charge in [0.1, 0.15) is 23.0 Å². The first-order valence-electron chi connectivity index (χ1n) is 10.0. The molecule has 7 nitrogen and oxygen atoms in total. The summed E-state index contributed by atoms with van der Waals surface area (Å²) in [6.45, 7) is 5.20. The van der Waals surface area contributed by atoms with Crippen LogP contribution in [0.5, 0.6) is 0 Å². The van der Waals surface area contributed by atoms with Crippen molar-refractivity contribution in [2.75, 3.05) is 0 Å². The van der Waals surface area contributed by atoms with Crippen LogP contribution in [0.3, 0.4) is 0 Å². The molecule has 31 heavy (non-hydrogen) atoms. The monoisotopic (exact) mass is 416 g/mol. The fraction of sp³-hybridized carbons (Fsp3) is 0.208. The van der Waals surface area contributed by atoms with E-state index in [1.807, 2.05) is 36.4 Å². The minimum atomic E-state index is -0.632. The van der Waals surface area contributed by atoms with Crippen LogP contribution in [-0.4, -0.2) is 32.3 Å². The van der Waals surface area contributed by atoms with Gasteiger partial charge in [0, 0.05) is 29.7 Å². The molecule has 3 aromatic rings. The molecule has 0 radical (unpaired) electrons. The molecule has 0 fully saturated rings. The number of carbonyl (C=O) groups excluding carboxylic acids is 1. The van der Waals surface area contributed by atoms with Crippen molar-refractivity contribution in [3.8, 4) is 0 Å². The summed E-state index contributed by atoms with van der Waals surface area (Å²) in [6, 6.07) is 9.70. The van der Waals surface area contributed by atoms with E-state index in [4.69, 9.17) is 4.74 Å². The number of carbonyl (C=O) groups is 1. The lowest BCUT2D eigenvalue weighted by Crippen LogP contribution is -2.36. The number of H-pyrrole nitrogens is 2. The molecular weight excluding hydrogens is 392 g/mol. The molecular formula is C24H24N4O3. The first kappa shape index (κ1) is 20.4. The van der Waals surface area contributed by atoms with Gasteiger partial charge in [0.2, 0.25) is 0 Å². The molecule has 1 aliphatic heterocycles. The third-order valence-electron chi connectivity index (χ3n) is 4.65. The van der Waals surface area contributed by atoms with Gasteiger partial charge in [0.15, 0.2) is 0 Å². The maximum absolute atomic E-state index is 13.0. The van der Waals surface area contributed by atoms with E-state index in [1.54, 1.807) is 51.5 Å². The van der Waals surface area contributed by atoms with Crippen molar-refractivity contribution in [2.45, 2.75) is 32.9 Å². The molecule has 0 atom stereocenters. The average Bonchev–Trinajstić information content (AvgIpc) is 3.42. The molecule has 0 amide bonds. The smallest absolute Gasteiger partial charge is 0.326 e. The molecule has 7 heteroatoms. The normalized spacial score (nSPS) is 15.6. The highest BCUT2D eigenvalue weighted by Gasteiger charge is 2.18. The number of hydrogen-bond acceptors (Lipinski definition) is 4. The van der Waals surface area contributed by atoms with Gasteiger partial charge in [-0.3, -0.25) is 19.1 Å². The highest BCUT2D eigenvalue weighted by atomic mass is 16.6. The minimum absolute atomic E-state index is 0.187. The summed E-state index contributed by atoms with van der Waals surface area (Å²) >= 11 is 0. The number of allylic oxidation sites excluding steroid dienone is 2. The molecule has 158 valence electrons. The highest BCUT2D eigenvalue weighted by Crippen LogP contribution is 2.30. The van der Waals surface area contributed by atoms with Gasteiger partial charge in [-0.2, -0.15) is 0 Å². The number of fused-ring (bicyclic) bond motifs is 1. The topological polar surface area (TPSA) is 92.2 Å². The Bertz CT molecular complexity index is 1350. The van der Waals surface area contributed by atoms with Crippen LogP contribution < -0.4 is 16.4 Å². The molecule has 2 aromatic heterocycles. The Balaban J connectivity index is 1.78. The Morgan fingerprint density at radius 1 is 1.19 bits per heavy atom. The highest BCUT2D eigenvalue weighted by molar-refractivity contribution is 6.17. The number of imidazole rings is 1. The molecule has 0 spiro atoms. The second kappa shape index (κ2) is 8.10. The number of nitrogens with one attached hydrogen (secondary N) is 2. The van der Waals surface area contributed by atoms with Crippen molar-refractivity contribution < 1.29 is 9.53 Å². The number of para-hydroxylation sites is 1. The molecule has 4 rings (SSSR count). The quantitative estimate of drug-likeness (QED) is 0.639. The standard InChI is InChI=1S/C24H24N4O3/c1-24(2,3)31-22(29)15-28-21(27-20(23(28)30)12-16-10-11-25-13-16)9-8-17-14-26-19-7-5-4-6-18(17)19/h4-14,25,27H,15H2,1-3H3/b17-8-,20-12-,21-9+. The number of nitrogens with zero attached hydrogens (tertiary/aromatic N) is 2. The molecule has 0 saturated carbocycles. The predicted molar refractivity (Wildman–Crippen MR) is 122 cm³/mol. The van der Waals surface area contributed by atoms with E-state index in [-0.39, 0.29) is 12.1 Å². The Morgan fingerprint density at radius 3 is 2.74 bits per heavy atom. The summed E-state index contributed by atoms with van der Waals surface area (Å²) in [6.07, 6.45) is 10.8. The Hall–Kier alpha value is -3.87.